The van der Waals surface area contributed by atoms with Crippen LogP contribution in [0.4, 0.5) is 0 Å². The summed E-state index contributed by atoms with van der Waals surface area (Å²) in [6, 6.07) is 0. The number of ether oxygens (including phenoxy) is 1. The van der Waals surface area contributed by atoms with Gasteiger partial charge >= 0.3 is 5.97 Å². The van der Waals surface area contributed by atoms with Crippen LogP contribution in [0.15, 0.2) is 0 Å². The molecule has 5 heteroatoms. The maximum atomic E-state index is 10.9. The molecule has 1 aliphatic carbocycles. The number of aliphatic carboxylic acids is 1. The molecule has 1 aliphatic rings. The Hall–Kier alpha value is -0.420. The van der Waals surface area contributed by atoms with Crippen LogP contribution in [0.25, 0.3) is 0 Å². The minimum Gasteiger partial charge on any atom is -0.481 e. The second kappa shape index (κ2) is 4.57. The van der Waals surface area contributed by atoms with Gasteiger partial charge in [-0.25, -0.2) is 0 Å². The number of rotatable bonds is 6. The average molecular weight is 192 g/mol. The van der Waals surface area contributed by atoms with E-state index >= 15 is 0 Å². The molecule has 0 aromatic carbocycles. The van der Waals surface area contributed by atoms with Crippen LogP contribution < -0.4 is 0 Å². The van der Waals surface area contributed by atoms with Crippen molar-refractivity contribution in [2.45, 2.75) is 12.8 Å². The van der Waals surface area contributed by atoms with Crippen molar-refractivity contribution in [2.24, 2.45) is 5.92 Å². The summed E-state index contributed by atoms with van der Waals surface area (Å²) in [4.78, 5) is 10.1. The minimum atomic E-state index is -1.36. The third-order valence-electron chi connectivity index (χ3n) is 1.55. The first-order valence-electron chi connectivity index (χ1n) is 3.83. The summed E-state index contributed by atoms with van der Waals surface area (Å²) in [5.41, 5.74) is 0. The second-order valence-corrected chi connectivity index (χ2v) is 4.31. The third-order valence-corrected chi connectivity index (χ3v) is 2.55. The molecule has 1 unspecified atom stereocenters. The fourth-order valence-corrected chi connectivity index (χ4v) is 1.41. The van der Waals surface area contributed by atoms with Gasteiger partial charge in [-0.3, -0.25) is 9.00 Å². The number of carboxylic acids is 1. The molecule has 0 radical (unpaired) electrons. The first-order valence-corrected chi connectivity index (χ1v) is 5.32. The van der Waals surface area contributed by atoms with Crippen LogP contribution in [-0.4, -0.2) is 33.6 Å². The molecule has 0 spiro atoms. The van der Waals surface area contributed by atoms with Gasteiger partial charge < -0.3 is 9.84 Å². The lowest BCUT2D eigenvalue weighted by Gasteiger charge is -2.00. The van der Waals surface area contributed by atoms with E-state index in [9.17, 15) is 9.00 Å². The van der Waals surface area contributed by atoms with Gasteiger partial charge in [0.15, 0.2) is 0 Å². The fraction of sp³-hybridized carbons (Fsp3) is 0.857. The lowest BCUT2D eigenvalue weighted by molar-refractivity contribution is -0.134. The highest BCUT2D eigenvalue weighted by Gasteiger charge is 2.21. The van der Waals surface area contributed by atoms with E-state index in [1.54, 1.807) is 0 Å². The maximum absolute atomic E-state index is 10.9. The Labute approximate surface area is 73.4 Å². The lowest BCUT2D eigenvalue weighted by Crippen LogP contribution is -2.14. The van der Waals surface area contributed by atoms with Gasteiger partial charge in [0, 0.05) is 0 Å². The number of hydrogen-bond acceptors (Lipinski definition) is 3. The van der Waals surface area contributed by atoms with Gasteiger partial charge in [0.05, 0.1) is 17.4 Å². The molecule has 0 bridgehead atoms. The SMILES string of the molecule is O=C(O)CS(=O)COCC1CC1. The Balaban J connectivity index is 1.97. The predicted octanol–water partition coefficient (Wildman–Crippen LogP) is 0.204. The molecule has 4 nitrogen and oxygen atoms in total. The van der Waals surface area contributed by atoms with Gasteiger partial charge in [-0.2, -0.15) is 0 Å². The third kappa shape index (κ3) is 4.46. The molecule has 0 aromatic heterocycles. The van der Waals surface area contributed by atoms with E-state index in [0.717, 1.165) is 0 Å². The summed E-state index contributed by atoms with van der Waals surface area (Å²) < 4.78 is 15.9. The summed E-state index contributed by atoms with van der Waals surface area (Å²) in [5, 5.41) is 8.26. The molecule has 0 saturated heterocycles. The van der Waals surface area contributed by atoms with Gasteiger partial charge in [0.25, 0.3) is 0 Å². The van der Waals surface area contributed by atoms with Crippen LogP contribution in [0, 0.1) is 5.92 Å². The van der Waals surface area contributed by atoms with Crippen molar-refractivity contribution in [3.05, 3.63) is 0 Å². The molecule has 0 aromatic rings. The van der Waals surface area contributed by atoms with Crippen molar-refractivity contribution >= 4 is 16.8 Å². The van der Waals surface area contributed by atoms with Gasteiger partial charge in [-0.05, 0) is 18.8 Å². The standard InChI is InChI=1S/C7H12O4S/c8-7(9)4-12(10)5-11-3-6-1-2-6/h6H,1-5H2,(H,8,9). The van der Waals surface area contributed by atoms with E-state index in [4.69, 9.17) is 9.84 Å². The zero-order valence-electron chi connectivity index (χ0n) is 6.69. The summed E-state index contributed by atoms with van der Waals surface area (Å²) in [5.74, 6) is -0.664. The Morgan fingerprint density at radius 2 is 2.25 bits per heavy atom. The Bertz CT molecular complexity index is 188. The van der Waals surface area contributed by atoms with Crippen LogP contribution in [0.3, 0.4) is 0 Å². The van der Waals surface area contributed by atoms with Crippen molar-refractivity contribution < 1.29 is 18.8 Å². The van der Waals surface area contributed by atoms with Crippen LogP contribution in [0.2, 0.25) is 0 Å². The van der Waals surface area contributed by atoms with Gasteiger partial charge in [0.2, 0.25) is 0 Å². The first-order chi connectivity index (χ1) is 5.68. The fourth-order valence-electron chi connectivity index (χ4n) is 0.772. The summed E-state index contributed by atoms with van der Waals surface area (Å²) in [6.07, 6.45) is 2.37. The van der Waals surface area contributed by atoms with Crippen molar-refractivity contribution in [1.82, 2.24) is 0 Å². The molecule has 70 valence electrons. The summed E-state index contributed by atoms with van der Waals surface area (Å²) in [6.45, 7) is 0.630. The molecule has 1 fully saturated rings. The van der Waals surface area contributed by atoms with E-state index in [0.29, 0.717) is 12.5 Å². The van der Waals surface area contributed by atoms with Crippen LogP contribution in [0.1, 0.15) is 12.8 Å². The van der Waals surface area contributed by atoms with Crippen molar-refractivity contribution in [2.75, 3.05) is 18.3 Å². The molecular formula is C7H12O4S. The summed E-state index contributed by atoms with van der Waals surface area (Å²) in [7, 11) is -1.36. The van der Waals surface area contributed by atoms with Gasteiger partial charge in [0.1, 0.15) is 11.7 Å². The predicted molar refractivity (Wildman–Crippen MR) is 44.2 cm³/mol. The lowest BCUT2D eigenvalue weighted by atomic mass is 10.5. The Kier molecular flexibility index (Phi) is 3.68. The molecular weight excluding hydrogens is 180 g/mol. The molecule has 0 amide bonds. The van der Waals surface area contributed by atoms with Crippen molar-refractivity contribution in [1.29, 1.82) is 0 Å². The molecule has 0 heterocycles. The monoisotopic (exact) mass is 192 g/mol. The zero-order chi connectivity index (χ0) is 8.97. The van der Waals surface area contributed by atoms with Gasteiger partial charge in [-0.15, -0.1) is 0 Å². The van der Waals surface area contributed by atoms with Crippen LogP contribution >= 0.6 is 0 Å². The molecule has 0 aliphatic heterocycles. The van der Waals surface area contributed by atoms with E-state index in [1.165, 1.54) is 12.8 Å². The average Bonchev–Trinajstić information content (AvgIpc) is 2.69. The molecule has 1 rings (SSSR count). The number of hydrogen-bond donors (Lipinski definition) is 1. The highest BCUT2D eigenvalue weighted by Crippen LogP contribution is 2.28. The first kappa shape index (κ1) is 9.67. The molecule has 12 heavy (non-hydrogen) atoms. The Morgan fingerprint density at radius 3 is 2.75 bits per heavy atom. The maximum Gasteiger partial charge on any atom is 0.316 e. The van der Waals surface area contributed by atoms with Crippen molar-refractivity contribution in [3.8, 4) is 0 Å². The normalized spacial score (nSPS) is 19.0. The highest BCUT2D eigenvalue weighted by molar-refractivity contribution is 7.85. The van der Waals surface area contributed by atoms with Gasteiger partial charge in [-0.1, -0.05) is 0 Å². The molecule has 1 saturated carbocycles. The minimum absolute atomic E-state index is 0.0583. The van der Waals surface area contributed by atoms with Crippen LogP contribution in [0.5, 0.6) is 0 Å². The summed E-state index contributed by atoms with van der Waals surface area (Å²) >= 11 is 0. The van der Waals surface area contributed by atoms with Crippen molar-refractivity contribution in [3.63, 3.8) is 0 Å². The van der Waals surface area contributed by atoms with E-state index in [-0.39, 0.29) is 11.7 Å². The van der Waals surface area contributed by atoms with E-state index in [1.807, 2.05) is 0 Å². The smallest absolute Gasteiger partial charge is 0.316 e. The zero-order valence-corrected chi connectivity index (χ0v) is 7.51. The van der Waals surface area contributed by atoms with Crippen LogP contribution in [-0.2, 0) is 20.3 Å². The topological polar surface area (TPSA) is 63.6 Å². The molecule has 1 atom stereocenters. The quantitative estimate of drug-likeness (QED) is 0.653. The highest BCUT2D eigenvalue weighted by atomic mass is 32.2. The largest absolute Gasteiger partial charge is 0.481 e. The number of carbonyl (C=O) groups is 1. The second-order valence-electron chi connectivity index (χ2n) is 2.91. The Morgan fingerprint density at radius 1 is 1.58 bits per heavy atom. The van der Waals surface area contributed by atoms with E-state index in [2.05, 4.69) is 0 Å². The molecule has 1 N–H and O–H groups in total. The number of carboxylic acid groups (broad SMARTS) is 1. The van der Waals surface area contributed by atoms with E-state index < -0.39 is 16.8 Å².